The fraction of sp³-hybridized carbons (Fsp3) is 0.292. The van der Waals surface area contributed by atoms with Gasteiger partial charge in [0.2, 0.25) is 15.0 Å². The summed E-state index contributed by atoms with van der Waals surface area (Å²) in [6, 6.07) is 19.1. The van der Waals surface area contributed by atoms with Gasteiger partial charge < -0.3 is 4.90 Å². The van der Waals surface area contributed by atoms with Gasteiger partial charge in [0, 0.05) is 13.1 Å². The topological polar surface area (TPSA) is 80.2 Å². The Labute approximate surface area is 193 Å². The third-order valence-corrected chi connectivity index (χ3v) is 7.41. The van der Waals surface area contributed by atoms with Gasteiger partial charge in [-0.1, -0.05) is 72.3 Å². The Bertz CT molecular complexity index is 1180. The third-order valence-electron chi connectivity index (χ3n) is 5.67. The summed E-state index contributed by atoms with van der Waals surface area (Å²) in [6.45, 7) is 1.17. The molecule has 6 nitrogen and oxygen atoms in total. The van der Waals surface area contributed by atoms with Crippen LogP contribution in [-0.4, -0.2) is 42.3 Å². The highest BCUT2D eigenvalue weighted by Gasteiger charge is 2.28. The molecule has 2 aromatic carbocycles. The molecule has 0 aliphatic carbocycles. The van der Waals surface area contributed by atoms with Gasteiger partial charge in [0.1, 0.15) is 0 Å². The second-order valence-corrected chi connectivity index (χ2v) is 10.3. The highest BCUT2D eigenvalue weighted by molar-refractivity contribution is 7.90. The molecule has 0 bridgehead atoms. The Kier molecular flexibility index (Phi) is 6.86. The molecule has 1 amide bonds. The zero-order valence-corrected chi connectivity index (χ0v) is 19.1. The Morgan fingerprint density at radius 3 is 2.19 bits per heavy atom. The number of rotatable bonds is 6. The average molecular weight is 470 g/mol. The predicted octanol–water partition coefficient (Wildman–Crippen LogP) is 4.20. The number of piperidine rings is 1. The first-order valence-electron chi connectivity index (χ1n) is 10.5. The van der Waals surface area contributed by atoms with E-state index in [9.17, 15) is 13.2 Å². The number of benzene rings is 2. The van der Waals surface area contributed by atoms with Crippen LogP contribution in [-0.2, 0) is 22.0 Å². The lowest BCUT2D eigenvalue weighted by Gasteiger charge is -2.32. The lowest BCUT2D eigenvalue weighted by atomic mass is 9.90. The summed E-state index contributed by atoms with van der Waals surface area (Å²) >= 11 is 6.19. The highest BCUT2D eigenvalue weighted by Crippen LogP contribution is 2.25. The maximum absolute atomic E-state index is 13.1. The van der Waals surface area contributed by atoms with Crippen molar-refractivity contribution in [2.75, 3.05) is 13.1 Å². The van der Waals surface area contributed by atoms with E-state index in [1.807, 2.05) is 24.3 Å². The molecule has 1 aliphatic rings. The summed E-state index contributed by atoms with van der Waals surface area (Å²) in [5, 5.41) is -0.326. The number of aromatic nitrogens is 2. The molecule has 1 fully saturated rings. The Morgan fingerprint density at radius 1 is 0.969 bits per heavy atom. The number of sulfone groups is 1. The van der Waals surface area contributed by atoms with E-state index in [4.69, 9.17) is 11.6 Å². The zero-order chi connectivity index (χ0) is 22.6. The van der Waals surface area contributed by atoms with Gasteiger partial charge in [0.05, 0.1) is 17.0 Å². The number of amides is 1. The van der Waals surface area contributed by atoms with E-state index < -0.39 is 9.84 Å². The number of hydrogen-bond acceptors (Lipinski definition) is 5. The van der Waals surface area contributed by atoms with E-state index >= 15 is 0 Å². The van der Waals surface area contributed by atoms with Gasteiger partial charge in [0.25, 0.3) is 5.91 Å². The molecule has 0 unspecified atom stereocenters. The van der Waals surface area contributed by atoms with Crippen LogP contribution in [0.4, 0.5) is 0 Å². The van der Waals surface area contributed by atoms with Crippen molar-refractivity contribution >= 4 is 27.3 Å². The van der Waals surface area contributed by atoms with Gasteiger partial charge in [-0.05, 0) is 36.3 Å². The van der Waals surface area contributed by atoms with Crippen molar-refractivity contribution < 1.29 is 13.2 Å². The summed E-state index contributed by atoms with van der Waals surface area (Å²) in [6.07, 6.45) is 3.94. The molecule has 32 heavy (non-hydrogen) atoms. The minimum absolute atomic E-state index is 0.0556. The van der Waals surface area contributed by atoms with E-state index in [1.165, 1.54) is 11.8 Å². The molecule has 166 valence electrons. The number of carbonyl (C=O) groups excluding carboxylic acids is 1. The number of carbonyl (C=O) groups is 1. The van der Waals surface area contributed by atoms with Crippen molar-refractivity contribution in [1.29, 1.82) is 0 Å². The predicted molar refractivity (Wildman–Crippen MR) is 123 cm³/mol. The first kappa shape index (κ1) is 22.4. The molecule has 0 saturated carbocycles. The molecule has 0 atom stereocenters. The lowest BCUT2D eigenvalue weighted by molar-refractivity contribution is 0.0683. The quantitative estimate of drug-likeness (QED) is 0.505. The smallest absolute Gasteiger partial charge is 0.274 e. The molecule has 0 radical (unpaired) electrons. The van der Waals surface area contributed by atoms with Crippen LogP contribution in [0.3, 0.4) is 0 Å². The van der Waals surface area contributed by atoms with E-state index in [0.717, 1.165) is 19.3 Å². The fourth-order valence-corrected chi connectivity index (χ4v) is 5.32. The molecular weight excluding hydrogens is 446 g/mol. The lowest BCUT2D eigenvalue weighted by Crippen LogP contribution is -2.39. The van der Waals surface area contributed by atoms with Crippen LogP contribution >= 0.6 is 11.6 Å². The van der Waals surface area contributed by atoms with Crippen LogP contribution in [0, 0.1) is 5.92 Å². The van der Waals surface area contributed by atoms with Crippen molar-refractivity contribution in [3.8, 4) is 0 Å². The first-order valence-corrected chi connectivity index (χ1v) is 12.6. The van der Waals surface area contributed by atoms with E-state index in [0.29, 0.717) is 24.6 Å². The van der Waals surface area contributed by atoms with Gasteiger partial charge in [0.15, 0.2) is 5.69 Å². The van der Waals surface area contributed by atoms with Crippen LogP contribution < -0.4 is 0 Å². The van der Waals surface area contributed by atoms with Crippen LogP contribution in [0.1, 0.15) is 34.5 Å². The molecule has 1 aromatic heterocycles. The van der Waals surface area contributed by atoms with Crippen molar-refractivity contribution in [3.63, 3.8) is 0 Å². The zero-order valence-electron chi connectivity index (χ0n) is 17.5. The Morgan fingerprint density at radius 2 is 1.56 bits per heavy atom. The van der Waals surface area contributed by atoms with Crippen molar-refractivity contribution in [1.82, 2.24) is 14.9 Å². The monoisotopic (exact) mass is 469 g/mol. The largest absolute Gasteiger partial charge is 0.337 e. The molecule has 1 saturated heterocycles. The minimum Gasteiger partial charge on any atom is -0.337 e. The van der Waals surface area contributed by atoms with Gasteiger partial charge in [-0.25, -0.2) is 18.4 Å². The Hall–Kier alpha value is -2.77. The molecule has 3 aromatic rings. The third kappa shape index (κ3) is 5.34. The summed E-state index contributed by atoms with van der Waals surface area (Å²) in [4.78, 5) is 22.7. The van der Waals surface area contributed by atoms with E-state index in [1.54, 1.807) is 29.2 Å². The van der Waals surface area contributed by atoms with Crippen LogP contribution in [0.15, 0.2) is 72.0 Å². The molecule has 1 aliphatic heterocycles. The SMILES string of the molecule is O=C(c1nc(S(=O)(=O)Cc2ccccc2)ncc1Cl)N1CCC(Cc2ccccc2)CC1. The first-order chi connectivity index (χ1) is 15.4. The number of hydrogen-bond donors (Lipinski definition) is 0. The summed E-state index contributed by atoms with van der Waals surface area (Å²) in [7, 11) is -3.81. The normalized spacial score (nSPS) is 15.0. The molecular formula is C24H24ClN3O3S. The van der Waals surface area contributed by atoms with Crippen molar-refractivity contribution in [2.45, 2.75) is 30.2 Å². The number of likely N-dealkylation sites (tertiary alicyclic amines) is 1. The van der Waals surface area contributed by atoms with Crippen molar-refractivity contribution in [2.24, 2.45) is 5.92 Å². The molecule has 0 spiro atoms. The van der Waals surface area contributed by atoms with Crippen LogP contribution in [0.2, 0.25) is 5.02 Å². The average Bonchev–Trinajstić information content (AvgIpc) is 2.80. The number of nitrogens with zero attached hydrogens (tertiary/aromatic N) is 3. The second kappa shape index (κ2) is 9.79. The Balaban J connectivity index is 1.45. The van der Waals surface area contributed by atoms with E-state index in [2.05, 4.69) is 22.1 Å². The highest BCUT2D eigenvalue weighted by atomic mass is 35.5. The number of halogens is 1. The summed E-state index contributed by atoms with van der Waals surface area (Å²) < 4.78 is 25.6. The standard InChI is InChI=1S/C24H24ClN3O3S/c25-21-16-26-24(32(30,31)17-20-9-5-2-6-10-20)27-22(21)23(29)28-13-11-19(12-14-28)15-18-7-3-1-4-8-18/h1-10,16,19H,11-15,17H2. The van der Waals surface area contributed by atoms with Gasteiger partial charge in [-0.15, -0.1) is 0 Å². The summed E-state index contributed by atoms with van der Waals surface area (Å²) in [5.74, 6) is -0.0931. The van der Waals surface area contributed by atoms with Gasteiger partial charge in [-0.3, -0.25) is 4.79 Å². The van der Waals surface area contributed by atoms with Crippen molar-refractivity contribution in [3.05, 3.63) is 88.7 Å². The molecule has 0 N–H and O–H groups in total. The van der Waals surface area contributed by atoms with Gasteiger partial charge >= 0.3 is 0 Å². The molecule has 2 heterocycles. The molecule has 4 rings (SSSR count). The maximum Gasteiger partial charge on any atom is 0.274 e. The van der Waals surface area contributed by atoms with Gasteiger partial charge in [-0.2, -0.15) is 0 Å². The fourth-order valence-electron chi connectivity index (χ4n) is 3.95. The molecule has 8 heteroatoms. The maximum atomic E-state index is 13.1. The van der Waals surface area contributed by atoms with E-state index in [-0.39, 0.29) is 27.5 Å². The summed E-state index contributed by atoms with van der Waals surface area (Å²) in [5.41, 5.74) is 1.86. The minimum atomic E-state index is -3.81. The van der Waals surface area contributed by atoms with Crippen LogP contribution in [0.25, 0.3) is 0 Å². The second-order valence-electron chi connectivity index (χ2n) is 8.02. The van der Waals surface area contributed by atoms with Crippen LogP contribution in [0.5, 0.6) is 0 Å².